The van der Waals surface area contributed by atoms with Crippen LogP contribution in [0.4, 0.5) is 0 Å². The summed E-state index contributed by atoms with van der Waals surface area (Å²) in [5.74, 6) is 2.27. The van der Waals surface area contributed by atoms with Crippen LogP contribution in [0.5, 0.6) is 0 Å². The molecule has 2 heterocycles. The third-order valence-electron chi connectivity index (χ3n) is 4.86. The van der Waals surface area contributed by atoms with Gasteiger partial charge >= 0.3 is 0 Å². The molecule has 0 bridgehead atoms. The van der Waals surface area contributed by atoms with E-state index in [4.69, 9.17) is 0 Å². The molecular formula is C17H27N3O3S4. The number of hydrogen-bond donors (Lipinski definition) is 0. The van der Waals surface area contributed by atoms with Crippen molar-refractivity contribution in [1.29, 1.82) is 0 Å². The second-order valence-electron chi connectivity index (χ2n) is 7.62. The molecule has 0 N–H and O–H groups in total. The first-order chi connectivity index (χ1) is 12.8. The molecule has 10 heteroatoms. The van der Waals surface area contributed by atoms with E-state index >= 15 is 0 Å². The first kappa shape index (κ1) is 21.4. The Morgan fingerprint density at radius 1 is 1.15 bits per heavy atom. The third kappa shape index (κ3) is 6.08. The topological polar surface area (TPSA) is 80.2 Å². The summed E-state index contributed by atoms with van der Waals surface area (Å²) in [6, 6.07) is 0.0424. The lowest BCUT2D eigenvalue weighted by molar-refractivity contribution is -0.132. The highest BCUT2D eigenvalue weighted by molar-refractivity contribution is 8.03. The number of amides is 1. The Hall–Kier alpha value is -0.320. The number of thioether (sulfide) groups is 2. The maximum Gasteiger partial charge on any atom is 0.233 e. The summed E-state index contributed by atoms with van der Waals surface area (Å²) in [7, 11) is -3.00. The Morgan fingerprint density at radius 2 is 1.81 bits per heavy atom. The molecule has 1 aromatic heterocycles. The quantitative estimate of drug-likeness (QED) is 0.563. The number of sulfone groups is 1. The van der Waals surface area contributed by atoms with Gasteiger partial charge in [-0.2, -0.15) is 0 Å². The molecule has 2 aliphatic rings. The monoisotopic (exact) mass is 449 g/mol. The first-order valence-corrected chi connectivity index (χ1v) is 14.1. The maximum absolute atomic E-state index is 13.0. The number of hydrogen-bond acceptors (Lipinski definition) is 8. The van der Waals surface area contributed by atoms with Crippen LogP contribution >= 0.6 is 34.9 Å². The van der Waals surface area contributed by atoms with E-state index in [1.165, 1.54) is 23.1 Å². The lowest BCUT2D eigenvalue weighted by Gasteiger charge is -2.34. The van der Waals surface area contributed by atoms with Crippen molar-refractivity contribution in [2.45, 2.75) is 66.7 Å². The Bertz CT molecular complexity index is 744. The number of rotatable bonds is 8. The van der Waals surface area contributed by atoms with E-state index in [2.05, 4.69) is 24.0 Å². The fraction of sp³-hybridized carbons (Fsp3) is 0.824. The Balaban J connectivity index is 1.59. The third-order valence-corrected chi connectivity index (χ3v) is 10.2. The van der Waals surface area contributed by atoms with Crippen molar-refractivity contribution < 1.29 is 13.2 Å². The highest BCUT2D eigenvalue weighted by Crippen LogP contribution is 2.32. The van der Waals surface area contributed by atoms with Crippen LogP contribution in [-0.4, -0.2) is 64.5 Å². The zero-order chi connectivity index (χ0) is 19.4. The lowest BCUT2D eigenvalue weighted by Crippen LogP contribution is -2.47. The van der Waals surface area contributed by atoms with Crippen LogP contribution < -0.4 is 0 Å². The van der Waals surface area contributed by atoms with E-state index in [0.717, 1.165) is 40.1 Å². The molecule has 1 amide bonds. The molecule has 1 unspecified atom stereocenters. The second kappa shape index (κ2) is 9.45. The molecule has 1 saturated heterocycles. The summed E-state index contributed by atoms with van der Waals surface area (Å²) in [5, 5.41) is 8.38. The average Bonchev–Trinajstić information content (AvgIpc) is 3.33. The van der Waals surface area contributed by atoms with Gasteiger partial charge in [-0.3, -0.25) is 4.79 Å². The van der Waals surface area contributed by atoms with Crippen molar-refractivity contribution in [3.8, 4) is 0 Å². The minimum absolute atomic E-state index is 0.0422. The molecule has 3 rings (SSSR count). The summed E-state index contributed by atoms with van der Waals surface area (Å²) in [4.78, 5) is 14.9. The van der Waals surface area contributed by atoms with Crippen molar-refractivity contribution in [3.63, 3.8) is 0 Å². The van der Waals surface area contributed by atoms with Gasteiger partial charge in [-0.05, 0) is 25.2 Å². The predicted molar refractivity (Wildman–Crippen MR) is 112 cm³/mol. The predicted octanol–water partition coefficient (Wildman–Crippen LogP) is 3.34. The Labute approximate surface area is 174 Å². The van der Waals surface area contributed by atoms with Crippen LogP contribution in [0.1, 0.15) is 46.0 Å². The van der Waals surface area contributed by atoms with Crippen LogP contribution in [0.2, 0.25) is 0 Å². The summed E-state index contributed by atoms with van der Waals surface area (Å²) in [6.45, 7) is 4.34. The van der Waals surface area contributed by atoms with Crippen molar-refractivity contribution in [3.05, 3.63) is 0 Å². The molecule has 1 aromatic rings. The van der Waals surface area contributed by atoms with Crippen LogP contribution in [0.3, 0.4) is 0 Å². The summed E-state index contributed by atoms with van der Waals surface area (Å²) < 4.78 is 25.6. The number of nitrogens with zero attached hydrogens (tertiary/aromatic N) is 3. The van der Waals surface area contributed by atoms with Gasteiger partial charge in [-0.1, -0.05) is 61.5 Å². The second-order valence-corrected chi connectivity index (χ2v) is 13.3. The van der Waals surface area contributed by atoms with Gasteiger partial charge in [0.05, 0.1) is 17.3 Å². The van der Waals surface area contributed by atoms with E-state index in [9.17, 15) is 13.2 Å². The standard InChI is InChI=1S/C17H27N3O3S4/c1-12(2)9-24-16-18-19-17(26-16)25-10-15(21)20(13-5-3-4-6-13)14-7-8-27(22,23)11-14/h12-14H,3-11H2,1-2H3. The molecule has 152 valence electrons. The average molecular weight is 450 g/mol. The van der Waals surface area contributed by atoms with Gasteiger partial charge in [-0.15, -0.1) is 10.2 Å². The zero-order valence-corrected chi connectivity index (χ0v) is 19.1. The fourth-order valence-corrected chi connectivity index (χ4v) is 8.21. The zero-order valence-electron chi connectivity index (χ0n) is 15.8. The van der Waals surface area contributed by atoms with E-state index in [0.29, 0.717) is 18.1 Å². The smallest absolute Gasteiger partial charge is 0.233 e. The van der Waals surface area contributed by atoms with Crippen molar-refractivity contribution in [2.75, 3.05) is 23.0 Å². The molecule has 2 fully saturated rings. The SMILES string of the molecule is CC(C)CSc1nnc(SCC(=O)N(C2CCCC2)C2CCS(=O)(=O)C2)s1. The highest BCUT2D eigenvalue weighted by Gasteiger charge is 2.38. The minimum atomic E-state index is -3.00. The molecule has 0 radical (unpaired) electrons. The maximum atomic E-state index is 13.0. The van der Waals surface area contributed by atoms with Crippen LogP contribution in [0.15, 0.2) is 8.68 Å². The van der Waals surface area contributed by atoms with E-state index in [1.54, 1.807) is 11.8 Å². The Kier molecular flexibility index (Phi) is 7.49. The van der Waals surface area contributed by atoms with Crippen LogP contribution in [0, 0.1) is 5.92 Å². The first-order valence-electron chi connectivity index (χ1n) is 9.45. The summed E-state index contributed by atoms with van der Waals surface area (Å²) >= 11 is 4.65. The highest BCUT2D eigenvalue weighted by atomic mass is 32.2. The van der Waals surface area contributed by atoms with Gasteiger partial charge < -0.3 is 4.90 Å². The molecule has 6 nitrogen and oxygen atoms in total. The lowest BCUT2D eigenvalue weighted by atomic mass is 10.1. The van der Waals surface area contributed by atoms with Gasteiger partial charge in [0.15, 0.2) is 18.5 Å². The number of carbonyl (C=O) groups excluding carboxylic acids is 1. The largest absolute Gasteiger partial charge is 0.335 e. The van der Waals surface area contributed by atoms with Gasteiger partial charge in [0.25, 0.3) is 0 Å². The van der Waals surface area contributed by atoms with Crippen LogP contribution in [-0.2, 0) is 14.6 Å². The molecular weight excluding hydrogens is 422 g/mol. The molecule has 1 aliphatic heterocycles. The van der Waals surface area contributed by atoms with Gasteiger partial charge in [-0.25, -0.2) is 8.42 Å². The van der Waals surface area contributed by atoms with Crippen molar-refractivity contribution in [1.82, 2.24) is 15.1 Å². The van der Waals surface area contributed by atoms with Gasteiger partial charge in [0, 0.05) is 17.8 Å². The molecule has 0 spiro atoms. The Morgan fingerprint density at radius 3 is 2.41 bits per heavy atom. The molecule has 0 aromatic carbocycles. The molecule has 1 saturated carbocycles. The molecule has 27 heavy (non-hydrogen) atoms. The van der Waals surface area contributed by atoms with Crippen molar-refractivity contribution >= 4 is 50.6 Å². The van der Waals surface area contributed by atoms with E-state index in [-0.39, 0.29) is 29.5 Å². The molecule has 1 aliphatic carbocycles. The summed E-state index contributed by atoms with van der Waals surface area (Å²) in [6.07, 6.45) is 4.79. The van der Waals surface area contributed by atoms with Crippen LogP contribution in [0.25, 0.3) is 0 Å². The minimum Gasteiger partial charge on any atom is -0.335 e. The van der Waals surface area contributed by atoms with E-state index in [1.807, 2.05) is 4.90 Å². The van der Waals surface area contributed by atoms with Gasteiger partial charge in [0.1, 0.15) is 0 Å². The van der Waals surface area contributed by atoms with Crippen molar-refractivity contribution in [2.24, 2.45) is 5.92 Å². The van der Waals surface area contributed by atoms with Gasteiger partial charge in [0.2, 0.25) is 5.91 Å². The summed E-state index contributed by atoms with van der Waals surface area (Å²) in [5.41, 5.74) is 0. The fourth-order valence-electron chi connectivity index (χ4n) is 3.63. The number of aromatic nitrogens is 2. The van der Waals surface area contributed by atoms with E-state index < -0.39 is 9.84 Å². The molecule has 1 atom stereocenters. The normalized spacial score (nSPS) is 22.6. The number of carbonyl (C=O) groups is 1.